The number of benzene rings is 1. The van der Waals surface area contributed by atoms with Crippen molar-refractivity contribution in [3.63, 3.8) is 0 Å². The Bertz CT molecular complexity index is 724. The Kier molecular flexibility index (Phi) is 2.61. The SMILES string of the molecule is NC(=O)C=Cc1cccc2[nH]c(=O)oc(=O)c12. The monoisotopic (exact) mass is 232 g/mol. The van der Waals surface area contributed by atoms with Crippen molar-refractivity contribution in [3.8, 4) is 0 Å². The van der Waals surface area contributed by atoms with Crippen molar-refractivity contribution >= 4 is 22.9 Å². The van der Waals surface area contributed by atoms with Crippen LogP contribution in [0.5, 0.6) is 0 Å². The van der Waals surface area contributed by atoms with Crippen LogP contribution in [-0.2, 0) is 4.79 Å². The van der Waals surface area contributed by atoms with Crippen molar-refractivity contribution in [2.24, 2.45) is 5.73 Å². The number of H-pyrrole nitrogens is 1. The lowest BCUT2D eigenvalue weighted by Crippen LogP contribution is -2.15. The Morgan fingerprint density at radius 3 is 2.82 bits per heavy atom. The third-order valence-electron chi connectivity index (χ3n) is 2.15. The van der Waals surface area contributed by atoms with Gasteiger partial charge in [0.05, 0.1) is 10.9 Å². The van der Waals surface area contributed by atoms with Crippen LogP contribution < -0.4 is 17.1 Å². The van der Waals surface area contributed by atoms with Crippen LogP contribution in [-0.4, -0.2) is 10.9 Å². The van der Waals surface area contributed by atoms with E-state index in [1.54, 1.807) is 18.2 Å². The van der Waals surface area contributed by atoms with Gasteiger partial charge in [0.25, 0.3) is 0 Å². The molecule has 0 saturated heterocycles. The van der Waals surface area contributed by atoms with E-state index in [0.717, 1.165) is 6.08 Å². The van der Waals surface area contributed by atoms with Crippen LogP contribution in [0, 0.1) is 0 Å². The number of carbonyl (C=O) groups excluding carboxylic acids is 1. The topological polar surface area (TPSA) is 106 Å². The van der Waals surface area contributed by atoms with Gasteiger partial charge in [-0.2, -0.15) is 0 Å². The molecule has 0 aliphatic rings. The Labute approximate surface area is 94.4 Å². The minimum absolute atomic E-state index is 0.199. The molecule has 0 unspecified atom stereocenters. The van der Waals surface area contributed by atoms with Crippen molar-refractivity contribution in [3.05, 3.63) is 50.8 Å². The predicted octanol–water partition coefficient (Wildman–Crippen LogP) is -0.0202. The average Bonchev–Trinajstić information content (AvgIpc) is 2.25. The van der Waals surface area contributed by atoms with Crippen LogP contribution >= 0.6 is 0 Å². The number of nitrogens with two attached hydrogens (primary N) is 1. The molecule has 1 amide bonds. The molecule has 0 atom stereocenters. The molecule has 1 heterocycles. The van der Waals surface area contributed by atoms with Gasteiger partial charge in [0.15, 0.2) is 0 Å². The third-order valence-corrected chi connectivity index (χ3v) is 2.15. The van der Waals surface area contributed by atoms with E-state index < -0.39 is 17.3 Å². The number of fused-ring (bicyclic) bond motifs is 1. The van der Waals surface area contributed by atoms with E-state index in [0.29, 0.717) is 11.1 Å². The summed E-state index contributed by atoms with van der Waals surface area (Å²) in [5.41, 5.74) is 5.00. The molecule has 0 radical (unpaired) electrons. The van der Waals surface area contributed by atoms with Crippen molar-refractivity contribution < 1.29 is 9.21 Å². The van der Waals surface area contributed by atoms with Crippen LogP contribution in [0.3, 0.4) is 0 Å². The molecule has 1 aromatic heterocycles. The van der Waals surface area contributed by atoms with Crippen molar-refractivity contribution in [2.45, 2.75) is 0 Å². The zero-order valence-corrected chi connectivity index (χ0v) is 8.60. The van der Waals surface area contributed by atoms with E-state index in [1.165, 1.54) is 6.08 Å². The summed E-state index contributed by atoms with van der Waals surface area (Å²) in [6.07, 6.45) is 2.51. The van der Waals surface area contributed by atoms with E-state index in [4.69, 9.17) is 5.73 Å². The summed E-state index contributed by atoms with van der Waals surface area (Å²) in [5.74, 6) is -1.45. The summed E-state index contributed by atoms with van der Waals surface area (Å²) in [4.78, 5) is 35.5. The van der Waals surface area contributed by atoms with Crippen molar-refractivity contribution in [1.29, 1.82) is 0 Å². The number of aromatic nitrogens is 1. The Morgan fingerprint density at radius 2 is 2.12 bits per heavy atom. The van der Waals surface area contributed by atoms with Gasteiger partial charge in [-0.1, -0.05) is 12.1 Å². The minimum atomic E-state index is -0.821. The minimum Gasteiger partial charge on any atom is -0.372 e. The lowest BCUT2D eigenvalue weighted by Gasteiger charge is -1.98. The first-order valence-corrected chi connectivity index (χ1v) is 4.71. The molecule has 0 aliphatic heterocycles. The maximum absolute atomic E-state index is 11.5. The van der Waals surface area contributed by atoms with Crippen LogP contribution in [0.15, 0.2) is 38.3 Å². The number of nitrogens with one attached hydrogen (secondary N) is 1. The first-order chi connectivity index (χ1) is 8.08. The summed E-state index contributed by atoms with van der Waals surface area (Å²) in [5, 5.41) is 0.199. The van der Waals surface area contributed by atoms with Crippen LogP contribution in [0.4, 0.5) is 0 Å². The van der Waals surface area contributed by atoms with Gasteiger partial charge >= 0.3 is 11.4 Å². The van der Waals surface area contributed by atoms with E-state index in [2.05, 4.69) is 9.40 Å². The maximum atomic E-state index is 11.5. The number of hydrogen-bond acceptors (Lipinski definition) is 4. The van der Waals surface area contributed by atoms with Gasteiger partial charge < -0.3 is 10.2 Å². The van der Waals surface area contributed by atoms with E-state index >= 15 is 0 Å². The maximum Gasteiger partial charge on any atom is 0.419 e. The van der Waals surface area contributed by atoms with Gasteiger partial charge in [-0.3, -0.25) is 9.78 Å². The fraction of sp³-hybridized carbons (Fsp3) is 0. The first-order valence-electron chi connectivity index (χ1n) is 4.71. The number of rotatable bonds is 2. The quantitative estimate of drug-likeness (QED) is 0.709. The van der Waals surface area contributed by atoms with E-state index in [-0.39, 0.29) is 5.39 Å². The molecule has 3 N–H and O–H groups in total. The second-order valence-corrected chi connectivity index (χ2v) is 3.31. The molecule has 17 heavy (non-hydrogen) atoms. The molecular formula is C11H8N2O4. The van der Waals surface area contributed by atoms with E-state index in [9.17, 15) is 14.4 Å². The normalized spacial score (nSPS) is 11.1. The average molecular weight is 232 g/mol. The molecule has 0 fully saturated rings. The summed E-state index contributed by atoms with van der Waals surface area (Å²) in [7, 11) is 0. The number of carbonyl (C=O) groups is 1. The van der Waals surface area contributed by atoms with Crippen LogP contribution in [0.1, 0.15) is 5.56 Å². The molecule has 1 aromatic carbocycles. The Hall–Kier alpha value is -2.63. The molecule has 2 aromatic rings. The largest absolute Gasteiger partial charge is 0.419 e. The molecular weight excluding hydrogens is 224 g/mol. The molecule has 0 aliphatic carbocycles. The summed E-state index contributed by atoms with van der Waals surface area (Å²) < 4.78 is 4.42. The number of amides is 1. The van der Waals surface area contributed by atoms with Gasteiger partial charge in [-0.25, -0.2) is 9.59 Å². The van der Waals surface area contributed by atoms with Crippen molar-refractivity contribution in [2.75, 3.05) is 0 Å². The zero-order chi connectivity index (χ0) is 12.4. The molecule has 6 heteroatoms. The van der Waals surface area contributed by atoms with Gasteiger partial charge in [-0.15, -0.1) is 0 Å². The van der Waals surface area contributed by atoms with E-state index in [1.807, 2.05) is 0 Å². The molecule has 0 bridgehead atoms. The lowest BCUT2D eigenvalue weighted by atomic mass is 10.1. The highest BCUT2D eigenvalue weighted by atomic mass is 16.4. The predicted molar refractivity (Wildman–Crippen MR) is 61.3 cm³/mol. The Morgan fingerprint density at radius 1 is 1.35 bits per heavy atom. The highest BCUT2D eigenvalue weighted by Crippen LogP contribution is 2.13. The Balaban J connectivity index is 2.78. The second kappa shape index (κ2) is 4.09. The number of aromatic amines is 1. The van der Waals surface area contributed by atoms with Gasteiger partial charge in [0.1, 0.15) is 0 Å². The second-order valence-electron chi connectivity index (χ2n) is 3.31. The molecule has 86 valence electrons. The molecule has 0 spiro atoms. The number of hydrogen-bond donors (Lipinski definition) is 2. The zero-order valence-electron chi connectivity index (χ0n) is 8.60. The third kappa shape index (κ3) is 2.15. The molecule has 0 saturated carbocycles. The first kappa shape index (κ1) is 10.9. The van der Waals surface area contributed by atoms with Gasteiger partial charge in [-0.05, 0) is 17.7 Å². The fourth-order valence-electron chi connectivity index (χ4n) is 1.48. The molecule has 2 rings (SSSR count). The lowest BCUT2D eigenvalue weighted by molar-refractivity contribution is -0.113. The van der Waals surface area contributed by atoms with Crippen LogP contribution in [0.2, 0.25) is 0 Å². The standard InChI is InChI=1S/C11H8N2O4/c12-8(14)5-4-6-2-1-3-7-9(6)10(15)17-11(16)13-7/h1-5H,(H2,12,14)(H,13,16). The van der Waals surface area contributed by atoms with Gasteiger partial charge in [0, 0.05) is 6.08 Å². The smallest absolute Gasteiger partial charge is 0.372 e. The highest BCUT2D eigenvalue weighted by Gasteiger charge is 2.05. The van der Waals surface area contributed by atoms with Crippen LogP contribution in [0.25, 0.3) is 17.0 Å². The number of primary amides is 1. The van der Waals surface area contributed by atoms with Crippen molar-refractivity contribution in [1.82, 2.24) is 4.98 Å². The summed E-state index contributed by atoms with van der Waals surface area (Å²) in [6.45, 7) is 0. The highest BCUT2D eigenvalue weighted by molar-refractivity contribution is 5.94. The fourth-order valence-corrected chi connectivity index (χ4v) is 1.48. The van der Waals surface area contributed by atoms with Gasteiger partial charge in [0.2, 0.25) is 5.91 Å². The molecule has 6 nitrogen and oxygen atoms in total. The summed E-state index contributed by atoms with van der Waals surface area (Å²) in [6, 6.07) is 4.81. The summed E-state index contributed by atoms with van der Waals surface area (Å²) >= 11 is 0.